The second kappa shape index (κ2) is 4.45. The average Bonchev–Trinajstić information content (AvgIpc) is 1.86. The van der Waals surface area contributed by atoms with Gasteiger partial charge < -0.3 is 0 Å². The molecule has 6 heteroatoms. The van der Waals surface area contributed by atoms with E-state index in [0.29, 0.717) is 0 Å². The minimum absolute atomic E-state index is 0. The zero-order chi connectivity index (χ0) is 8.48. The summed E-state index contributed by atoms with van der Waals surface area (Å²) in [7, 11) is -4.04. The quantitative estimate of drug-likeness (QED) is 0.598. The standard InChI is InChI=1S/C6H5BrO3S.Li/c7-5-1-3-6(4-2-5)11(8,9)10;/h1-4H,(H,8,9,10);. The molecule has 1 aromatic rings. The van der Waals surface area contributed by atoms with Crippen molar-refractivity contribution in [3.8, 4) is 0 Å². The first kappa shape index (κ1) is 12.2. The summed E-state index contributed by atoms with van der Waals surface area (Å²) in [6, 6.07) is 5.73. The first-order valence-corrected chi connectivity index (χ1v) is 4.96. The number of rotatable bonds is 1. The van der Waals surface area contributed by atoms with Gasteiger partial charge in [0.25, 0.3) is 10.1 Å². The van der Waals surface area contributed by atoms with Crippen LogP contribution < -0.4 is 0 Å². The summed E-state index contributed by atoms with van der Waals surface area (Å²) >= 11 is 3.14. The Bertz CT molecular complexity index is 346. The molecule has 3 nitrogen and oxygen atoms in total. The van der Waals surface area contributed by atoms with Gasteiger partial charge in [0.2, 0.25) is 0 Å². The Hall–Kier alpha value is 0.207. The molecule has 1 rings (SSSR count). The molecule has 0 bridgehead atoms. The van der Waals surface area contributed by atoms with Gasteiger partial charge in [-0.1, -0.05) is 15.9 Å². The first-order valence-electron chi connectivity index (χ1n) is 2.73. The molecule has 0 atom stereocenters. The van der Waals surface area contributed by atoms with Crippen LogP contribution in [-0.2, 0) is 10.1 Å². The number of benzene rings is 1. The Morgan fingerprint density at radius 1 is 1.17 bits per heavy atom. The van der Waals surface area contributed by atoms with Gasteiger partial charge in [-0.05, 0) is 24.3 Å². The molecule has 0 aliphatic carbocycles. The molecule has 1 N–H and O–H groups in total. The summed E-state index contributed by atoms with van der Waals surface area (Å²) in [4.78, 5) is -0.0966. The van der Waals surface area contributed by atoms with Crippen molar-refractivity contribution in [2.45, 2.75) is 4.90 Å². The van der Waals surface area contributed by atoms with Crippen LogP contribution in [0.25, 0.3) is 0 Å². The fraction of sp³-hybridized carbons (Fsp3) is 0. The maximum absolute atomic E-state index is 10.5. The SMILES string of the molecule is O=S(=O)(O)c1ccc(Br)cc1.[Li]. The van der Waals surface area contributed by atoms with E-state index in [1.807, 2.05) is 0 Å². The Balaban J connectivity index is 0.00000121. The van der Waals surface area contributed by atoms with Gasteiger partial charge in [0.1, 0.15) is 0 Å². The Morgan fingerprint density at radius 3 is 1.92 bits per heavy atom. The van der Waals surface area contributed by atoms with E-state index in [-0.39, 0.29) is 23.8 Å². The fourth-order valence-electron chi connectivity index (χ4n) is 0.607. The third-order valence-electron chi connectivity index (χ3n) is 1.11. The Morgan fingerprint density at radius 2 is 1.58 bits per heavy atom. The van der Waals surface area contributed by atoms with Gasteiger partial charge in [0.05, 0.1) is 4.90 Å². The zero-order valence-electron chi connectivity index (χ0n) is 6.36. The van der Waals surface area contributed by atoms with E-state index < -0.39 is 10.1 Å². The topological polar surface area (TPSA) is 54.4 Å². The molecule has 0 aliphatic rings. The van der Waals surface area contributed by atoms with Crippen LogP contribution in [0.5, 0.6) is 0 Å². The van der Waals surface area contributed by atoms with Crippen LogP contribution >= 0.6 is 15.9 Å². The van der Waals surface area contributed by atoms with E-state index in [2.05, 4.69) is 15.9 Å². The largest absolute Gasteiger partial charge is 0.294 e. The van der Waals surface area contributed by atoms with Crippen molar-refractivity contribution in [3.05, 3.63) is 28.7 Å². The second-order valence-corrected chi connectivity index (χ2v) is 4.27. The smallest absolute Gasteiger partial charge is 0.282 e. The molecule has 0 aromatic heterocycles. The van der Waals surface area contributed by atoms with Gasteiger partial charge in [-0.15, -0.1) is 0 Å². The van der Waals surface area contributed by atoms with Gasteiger partial charge >= 0.3 is 0 Å². The minimum Gasteiger partial charge on any atom is -0.282 e. The van der Waals surface area contributed by atoms with Crippen molar-refractivity contribution in [3.63, 3.8) is 0 Å². The normalized spacial score (nSPS) is 10.5. The van der Waals surface area contributed by atoms with Crippen LogP contribution in [0.3, 0.4) is 0 Å². The molecule has 61 valence electrons. The predicted octanol–water partition coefficient (Wildman–Crippen LogP) is 1.32. The van der Waals surface area contributed by atoms with Crippen LogP contribution in [0.2, 0.25) is 0 Å². The van der Waals surface area contributed by atoms with Gasteiger partial charge in [-0.3, -0.25) is 4.55 Å². The van der Waals surface area contributed by atoms with Crippen molar-refractivity contribution < 1.29 is 13.0 Å². The minimum atomic E-state index is -4.04. The van der Waals surface area contributed by atoms with Crippen molar-refractivity contribution in [2.75, 3.05) is 0 Å². The summed E-state index contributed by atoms with van der Waals surface area (Å²) in [5, 5.41) is 0. The van der Waals surface area contributed by atoms with Crippen molar-refractivity contribution >= 4 is 44.9 Å². The molecule has 0 spiro atoms. The summed E-state index contributed by atoms with van der Waals surface area (Å²) in [6.45, 7) is 0. The first-order chi connectivity index (χ1) is 5.00. The monoisotopic (exact) mass is 243 g/mol. The molecular weight excluding hydrogens is 239 g/mol. The van der Waals surface area contributed by atoms with Crippen LogP contribution in [0.15, 0.2) is 33.6 Å². The third kappa shape index (κ3) is 3.29. The molecule has 12 heavy (non-hydrogen) atoms. The Kier molecular flexibility index (Phi) is 4.52. The molecular formula is C6H5BrLiO3S. The Labute approximate surface area is 91.2 Å². The summed E-state index contributed by atoms with van der Waals surface area (Å²) < 4.78 is 30.3. The fourth-order valence-corrected chi connectivity index (χ4v) is 1.35. The molecule has 0 unspecified atom stereocenters. The van der Waals surface area contributed by atoms with E-state index in [0.717, 1.165) is 4.47 Å². The van der Waals surface area contributed by atoms with Gasteiger partial charge in [0, 0.05) is 23.3 Å². The molecule has 0 fully saturated rings. The summed E-state index contributed by atoms with van der Waals surface area (Å²) in [5.41, 5.74) is 0. The number of halogens is 1. The number of hydrogen-bond donors (Lipinski definition) is 1. The maximum atomic E-state index is 10.5. The summed E-state index contributed by atoms with van der Waals surface area (Å²) in [6.07, 6.45) is 0. The molecule has 0 heterocycles. The molecule has 0 saturated carbocycles. The van der Waals surface area contributed by atoms with E-state index in [1.54, 1.807) is 12.1 Å². The molecule has 0 amide bonds. The molecule has 1 radical (unpaired) electrons. The third-order valence-corrected chi connectivity index (χ3v) is 2.51. The maximum Gasteiger partial charge on any atom is 0.294 e. The molecule has 0 aliphatic heterocycles. The van der Waals surface area contributed by atoms with E-state index in [1.165, 1.54) is 12.1 Å². The van der Waals surface area contributed by atoms with Gasteiger partial charge in [-0.2, -0.15) is 8.42 Å². The molecule has 1 aromatic carbocycles. The second-order valence-electron chi connectivity index (χ2n) is 1.93. The van der Waals surface area contributed by atoms with Crippen molar-refractivity contribution in [1.29, 1.82) is 0 Å². The van der Waals surface area contributed by atoms with Crippen LogP contribution in [0, 0.1) is 0 Å². The van der Waals surface area contributed by atoms with Crippen molar-refractivity contribution in [1.82, 2.24) is 0 Å². The predicted molar refractivity (Wildman–Crippen MR) is 49.7 cm³/mol. The van der Waals surface area contributed by atoms with Gasteiger partial charge in [0.15, 0.2) is 0 Å². The summed E-state index contributed by atoms with van der Waals surface area (Å²) in [5.74, 6) is 0. The van der Waals surface area contributed by atoms with E-state index >= 15 is 0 Å². The zero-order valence-corrected chi connectivity index (χ0v) is 8.76. The van der Waals surface area contributed by atoms with E-state index in [4.69, 9.17) is 4.55 Å². The van der Waals surface area contributed by atoms with Crippen LogP contribution in [0.1, 0.15) is 0 Å². The van der Waals surface area contributed by atoms with Gasteiger partial charge in [-0.25, -0.2) is 0 Å². The average molecular weight is 244 g/mol. The van der Waals surface area contributed by atoms with Crippen LogP contribution in [0.4, 0.5) is 0 Å². The number of hydrogen-bond acceptors (Lipinski definition) is 2. The molecule has 0 saturated heterocycles. The van der Waals surface area contributed by atoms with Crippen molar-refractivity contribution in [2.24, 2.45) is 0 Å². The van der Waals surface area contributed by atoms with Crippen LogP contribution in [-0.4, -0.2) is 31.8 Å². The van der Waals surface area contributed by atoms with E-state index in [9.17, 15) is 8.42 Å².